The van der Waals surface area contributed by atoms with E-state index in [-0.39, 0.29) is 5.91 Å². The summed E-state index contributed by atoms with van der Waals surface area (Å²) in [6.07, 6.45) is 3.99. The number of hydrogen-bond acceptors (Lipinski definition) is 4. The molecule has 0 spiro atoms. The predicted octanol–water partition coefficient (Wildman–Crippen LogP) is 3.86. The third-order valence-corrected chi connectivity index (χ3v) is 5.56. The second kappa shape index (κ2) is 7.14. The Bertz CT molecular complexity index is 752. The zero-order valence-electron chi connectivity index (χ0n) is 13.8. The van der Waals surface area contributed by atoms with E-state index in [9.17, 15) is 10.1 Å². The Balaban J connectivity index is 1.55. The topological polar surface area (TPSA) is 65.8 Å². The van der Waals surface area contributed by atoms with E-state index in [1.807, 2.05) is 5.38 Å². The van der Waals surface area contributed by atoms with E-state index >= 15 is 0 Å². The molecule has 0 atom stereocenters. The van der Waals surface area contributed by atoms with Gasteiger partial charge in [0.2, 0.25) is 5.91 Å². The number of aromatic nitrogens is 1. The molecular weight excluding hydrogens is 318 g/mol. The zero-order chi connectivity index (χ0) is 17.0. The molecule has 3 rings (SSSR count). The zero-order valence-corrected chi connectivity index (χ0v) is 14.7. The van der Waals surface area contributed by atoms with Crippen LogP contribution in [0.15, 0.2) is 29.6 Å². The van der Waals surface area contributed by atoms with Crippen LogP contribution in [0.4, 0.5) is 0 Å². The fraction of sp³-hybridized carbons (Fsp3) is 0.421. The van der Waals surface area contributed by atoms with Crippen molar-refractivity contribution in [2.75, 3.05) is 6.54 Å². The molecule has 0 unspecified atom stereocenters. The normalized spacial score (nSPS) is 15.8. The minimum Gasteiger partial charge on any atom is -0.354 e. The van der Waals surface area contributed by atoms with Gasteiger partial charge in [0.1, 0.15) is 10.4 Å². The van der Waals surface area contributed by atoms with Crippen LogP contribution in [0.1, 0.15) is 36.9 Å². The second-order valence-electron chi connectivity index (χ2n) is 6.42. The van der Waals surface area contributed by atoms with Crippen molar-refractivity contribution < 1.29 is 4.79 Å². The van der Waals surface area contributed by atoms with E-state index in [4.69, 9.17) is 0 Å². The first-order valence-electron chi connectivity index (χ1n) is 8.34. The average Bonchev–Trinajstić information content (AvgIpc) is 3.25. The molecule has 0 bridgehead atoms. The van der Waals surface area contributed by atoms with Crippen molar-refractivity contribution >= 4 is 17.2 Å². The maximum absolute atomic E-state index is 12.3. The lowest BCUT2D eigenvalue weighted by Crippen LogP contribution is -2.39. The Morgan fingerprint density at radius 3 is 2.71 bits per heavy atom. The molecule has 1 aliphatic carbocycles. The van der Waals surface area contributed by atoms with E-state index in [0.717, 1.165) is 29.1 Å². The Hall–Kier alpha value is -2.19. The Morgan fingerprint density at radius 2 is 2.04 bits per heavy atom. The van der Waals surface area contributed by atoms with Gasteiger partial charge in [-0.15, -0.1) is 11.3 Å². The standard InChI is InChI=1S/C19H21N3OS/c1-14-4-6-15(7-5-14)17-22-16(12-24-17)8-11-21-18(23)19(13-20)9-2-3-10-19/h4-7,12H,2-3,8-11H2,1H3,(H,21,23). The van der Waals surface area contributed by atoms with Gasteiger partial charge in [-0.25, -0.2) is 4.98 Å². The molecule has 2 aromatic rings. The first-order valence-corrected chi connectivity index (χ1v) is 9.22. The maximum atomic E-state index is 12.3. The van der Waals surface area contributed by atoms with Crippen LogP contribution in [0, 0.1) is 23.7 Å². The molecular formula is C19H21N3OS. The summed E-state index contributed by atoms with van der Waals surface area (Å²) in [5.74, 6) is -0.114. The van der Waals surface area contributed by atoms with Crippen LogP contribution in [-0.2, 0) is 11.2 Å². The van der Waals surface area contributed by atoms with Crippen LogP contribution < -0.4 is 5.32 Å². The van der Waals surface area contributed by atoms with E-state index < -0.39 is 5.41 Å². The Kier molecular flexibility index (Phi) is 4.96. The summed E-state index contributed by atoms with van der Waals surface area (Å²) in [7, 11) is 0. The fourth-order valence-corrected chi connectivity index (χ4v) is 3.95. The molecule has 0 radical (unpaired) electrons. The Labute approximate surface area is 146 Å². The minimum absolute atomic E-state index is 0.114. The van der Waals surface area contributed by atoms with Gasteiger partial charge in [-0.2, -0.15) is 5.26 Å². The lowest BCUT2D eigenvalue weighted by atomic mass is 9.87. The van der Waals surface area contributed by atoms with Crippen LogP contribution in [0.2, 0.25) is 0 Å². The van der Waals surface area contributed by atoms with Crippen LogP contribution in [-0.4, -0.2) is 17.4 Å². The van der Waals surface area contributed by atoms with Gasteiger partial charge >= 0.3 is 0 Å². The van der Waals surface area contributed by atoms with Gasteiger partial charge in [-0.1, -0.05) is 42.7 Å². The summed E-state index contributed by atoms with van der Waals surface area (Å²) in [5.41, 5.74) is 2.54. The van der Waals surface area contributed by atoms with Gasteiger partial charge in [-0.05, 0) is 19.8 Å². The molecule has 1 aromatic carbocycles. The molecule has 1 saturated carbocycles. The number of thiazole rings is 1. The predicted molar refractivity (Wildman–Crippen MR) is 95.5 cm³/mol. The Morgan fingerprint density at radius 1 is 1.33 bits per heavy atom. The van der Waals surface area contributed by atoms with Gasteiger partial charge in [0.05, 0.1) is 11.8 Å². The van der Waals surface area contributed by atoms with Gasteiger partial charge in [0.15, 0.2) is 0 Å². The van der Waals surface area contributed by atoms with Crippen molar-refractivity contribution in [3.63, 3.8) is 0 Å². The lowest BCUT2D eigenvalue weighted by Gasteiger charge is -2.18. The van der Waals surface area contributed by atoms with Crippen molar-refractivity contribution in [2.45, 2.75) is 39.0 Å². The lowest BCUT2D eigenvalue weighted by molar-refractivity contribution is -0.127. The van der Waals surface area contributed by atoms with Crippen LogP contribution in [0.3, 0.4) is 0 Å². The number of carbonyl (C=O) groups is 1. The van der Waals surface area contributed by atoms with E-state index in [0.29, 0.717) is 25.8 Å². The smallest absolute Gasteiger partial charge is 0.240 e. The number of nitriles is 1. The molecule has 1 aliphatic rings. The SMILES string of the molecule is Cc1ccc(-c2nc(CCNC(=O)C3(C#N)CCCC3)cs2)cc1. The van der Waals surface area contributed by atoms with Gasteiger partial charge in [0, 0.05) is 23.9 Å². The first-order chi connectivity index (χ1) is 11.6. The summed E-state index contributed by atoms with van der Waals surface area (Å²) in [4.78, 5) is 16.9. The van der Waals surface area contributed by atoms with E-state index in [1.165, 1.54) is 5.56 Å². The third kappa shape index (κ3) is 3.49. The molecule has 24 heavy (non-hydrogen) atoms. The quantitative estimate of drug-likeness (QED) is 0.899. The highest BCUT2D eigenvalue weighted by Crippen LogP contribution is 2.37. The number of hydrogen-bond donors (Lipinski definition) is 1. The van der Waals surface area contributed by atoms with Crippen molar-refractivity contribution in [3.05, 3.63) is 40.9 Å². The molecule has 1 heterocycles. The molecule has 1 N–H and O–H groups in total. The van der Waals surface area contributed by atoms with Crippen molar-refractivity contribution in [1.29, 1.82) is 5.26 Å². The largest absolute Gasteiger partial charge is 0.354 e. The number of amides is 1. The number of rotatable bonds is 5. The molecule has 1 fully saturated rings. The number of aryl methyl sites for hydroxylation is 1. The van der Waals surface area contributed by atoms with Gasteiger partial charge in [0.25, 0.3) is 0 Å². The van der Waals surface area contributed by atoms with Crippen molar-refractivity contribution in [2.24, 2.45) is 5.41 Å². The van der Waals surface area contributed by atoms with Crippen LogP contribution >= 0.6 is 11.3 Å². The van der Waals surface area contributed by atoms with Crippen molar-refractivity contribution in [1.82, 2.24) is 10.3 Å². The summed E-state index contributed by atoms with van der Waals surface area (Å²) < 4.78 is 0. The van der Waals surface area contributed by atoms with Gasteiger partial charge < -0.3 is 5.32 Å². The molecule has 0 saturated heterocycles. The first kappa shape index (κ1) is 16.7. The highest BCUT2D eigenvalue weighted by molar-refractivity contribution is 7.13. The second-order valence-corrected chi connectivity index (χ2v) is 7.28. The fourth-order valence-electron chi connectivity index (χ4n) is 3.09. The maximum Gasteiger partial charge on any atom is 0.240 e. The highest BCUT2D eigenvalue weighted by atomic mass is 32.1. The van der Waals surface area contributed by atoms with Gasteiger partial charge in [-0.3, -0.25) is 4.79 Å². The molecule has 0 aliphatic heterocycles. The van der Waals surface area contributed by atoms with Crippen molar-refractivity contribution in [3.8, 4) is 16.6 Å². The average molecular weight is 339 g/mol. The van der Waals surface area contributed by atoms with E-state index in [1.54, 1.807) is 11.3 Å². The van der Waals surface area contributed by atoms with Crippen LogP contribution in [0.25, 0.3) is 10.6 Å². The molecule has 1 aromatic heterocycles. The number of benzene rings is 1. The number of nitrogens with zero attached hydrogens (tertiary/aromatic N) is 2. The summed E-state index contributed by atoms with van der Waals surface area (Å²) in [6.45, 7) is 2.59. The highest BCUT2D eigenvalue weighted by Gasteiger charge is 2.41. The van der Waals surface area contributed by atoms with Crippen LogP contribution in [0.5, 0.6) is 0 Å². The molecule has 4 nitrogen and oxygen atoms in total. The molecule has 5 heteroatoms. The van der Waals surface area contributed by atoms with E-state index in [2.05, 4.69) is 47.6 Å². The minimum atomic E-state index is -0.796. The summed E-state index contributed by atoms with van der Waals surface area (Å²) >= 11 is 1.62. The molecule has 124 valence electrons. The summed E-state index contributed by atoms with van der Waals surface area (Å²) in [6, 6.07) is 10.6. The monoisotopic (exact) mass is 339 g/mol. The number of nitrogens with one attached hydrogen (secondary N) is 1. The molecule has 1 amide bonds. The summed E-state index contributed by atoms with van der Waals surface area (Å²) in [5, 5.41) is 15.3. The third-order valence-electron chi connectivity index (χ3n) is 4.62. The number of carbonyl (C=O) groups excluding carboxylic acids is 1.